The van der Waals surface area contributed by atoms with Gasteiger partial charge in [0.1, 0.15) is 17.5 Å². The Morgan fingerprint density at radius 2 is 1.53 bits per heavy atom. The van der Waals surface area contributed by atoms with Gasteiger partial charge in [-0.1, -0.05) is 120 Å². The normalized spacial score (nSPS) is 16.4. The molecule has 0 heterocycles. The summed E-state index contributed by atoms with van der Waals surface area (Å²) < 4.78 is 5.96. The lowest BCUT2D eigenvalue weighted by Crippen LogP contribution is -2.53. The summed E-state index contributed by atoms with van der Waals surface area (Å²) in [5, 5.41) is 21.0. The first kappa shape index (κ1) is 37.6. The number of benzene rings is 3. The fourth-order valence-electron chi connectivity index (χ4n) is 6.77. The predicted molar refractivity (Wildman–Crippen MR) is 194 cm³/mol. The summed E-state index contributed by atoms with van der Waals surface area (Å²) in [6.45, 7) is 5.38. The quantitative estimate of drug-likeness (QED) is 0.113. The molecule has 8 heteroatoms. The predicted octanol–water partition coefficient (Wildman–Crippen LogP) is 7.36. The average Bonchev–Trinajstić information content (AvgIpc) is 3.11. The lowest BCUT2D eigenvalue weighted by Gasteiger charge is -2.31. The summed E-state index contributed by atoms with van der Waals surface area (Å²) in [7, 11) is 0. The number of hydrogen-bond acceptors (Lipinski definition) is 5. The van der Waals surface area contributed by atoms with Gasteiger partial charge in [0.15, 0.2) is 0 Å². The summed E-state index contributed by atoms with van der Waals surface area (Å²) in [4.78, 5) is 39.3. The van der Waals surface area contributed by atoms with E-state index in [2.05, 4.69) is 16.0 Å². The fourth-order valence-corrected chi connectivity index (χ4v) is 6.77. The Labute approximate surface area is 292 Å². The van der Waals surface area contributed by atoms with Crippen LogP contribution in [0.3, 0.4) is 0 Å². The molecule has 3 amide bonds. The molecule has 1 fully saturated rings. The minimum absolute atomic E-state index is 0.0523. The molecule has 0 aliphatic heterocycles. The van der Waals surface area contributed by atoms with Gasteiger partial charge in [-0.2, -0.15) is 0 Å². The SMILES string of the molecule is CC[C@H](C)[C@H](NC(C)=O)C(=O)N[C@@H](CCCC1CCCCC1)C[C@H](O)[C@H](Cc1ccccc1)NC(=O)c1cccc(Oc2ccccc2)c1. The second-order valence-corrected chi connectivity index (χ2v) is 13.7. The molecule has 0 unspecified atom stereocenters. The van der Waals surface area contributed by atoms with Gasteiger partial charge in [0.05, 0.1) is 12.1 Å². The summed E-state index contributed by atoms with van der Waals surface area (Å²) in [5.74, 6) is 1.05. The Bertz CT molecular complexity index is 1440. The molecule has 1 saturated carbocycles. The number of carbonyl (C=O) groups excluding carboxylic acids is 3. The molecule has 1 aliphatic carbocycles. The molecule has 0 saturated heterocycles. The van der Waals surface area contributed by atoms with Gasteiger partial charge in [-0.15, -0.1) is 0 Å². The molecule has 3 aromatic carbocycles. The van der Waals surface area contributed by atoms with Crippen molar-refractivity contribution in [2.75, 3.05) is 0 Å². The van der Waals surface area contributed by atoms with E-state index in [1.165, 1.54) is 39.0 Å². The third-order valence-electron chi connectivity index (χ3n) is 9.77. The van der Waals surface area contributed by atoms with E-state index in [1.807, 2.05) is 74.5 Å². The molecule has 0 spiro atoms. The molecule has 0 radical (unpaired) electrons. The van der Waals surface area contributed by atoms with Crippen LogP contribution in [0.2, 0.25) is 0 Å². The van der Waals surface area contributed by atoms with E-state index in [9.17, 15) is 19.5 Å². The molecule has 264 valence electrons. The number of amides is 3. The Kier molecular flexibility index (Phi) is 15.2. The van der Waals surface area contributed by atoms with Crippen LogP contribution >= 0.6 is 0 Å². The number of hydrogen-bond donors (Lipinski definition) is 4. The molecule has 4 rings (SSSR count). The van der Waals surface area contributed by atoms with Gasteiger partial charge in [0.2, 0.25) is 11.8 Å². The van der Waals surface area contributed by atoms with Gasteiger partial charge in [0.25, 0.3) is 5.91 Å². The second-order valence-electron chi connectivity index (χ2n) is 13.7. The third-order valence-corrected chi connectivity index (χ3v) is 9.77. The Balaban J connectivity index is 1.51. The van der Waals surface area contributed by atoms with Gasteiger partial charge in [-0.25, -0.2) is 0 Å². The second kappa shape index (κ2) is 19.7. The molecule has 8 nitrogen and oxygen atoms in total. The van der Waals surface area contributed by atoms with Crippen molar-refractivity contribution >= 4 is 17.7 Å². The number of rotatable bonds is 18. The van der Waals surface area contributed by atoms with Crippen molar-refractivity contribution in [3.63, 3.8) is 0 Å². The molecule has 3 aromatic rings. The molecular formula is C41H55N3O5. The maximum atomic E-state index is 13.7. The number of aliphatic hydroxyl groups is 1. The number of aliphatic hydroxyl groups excluding tert-OH is 1. The molecule has 49 heavy (non-hydrogen) atoms. The summed E-state index contributed by atoms with van der Waals surface area (Å²) >= 11 is 0. The summed E-state index contributed by atoms with van der Waals surface area (Å²) in [6.07, 6.45) is 9.55. The zero-order chi connectivity index (χ0) is 35.0. The molecule has 1 aliphatic rings. The first-order chi connectivity index (χ1) is 23.7. The Morgan fingerprint density at radius 3 is 2.20 bits per heavy atom. The molecular weight excluding hydrogens is 614 g/mol. The van der Waals surface area contributed by atoms with Crippen molar-refractivity contribution in [1.29, 1.82) is 0 Å². The third kappa shape index (κ3) is 12.7. The minimum atomic E-state index is -0.948. The zero-order valence-corrected chi connectivity index (χ0v) is 29.4. The van der Waals surface area contributed by atoms with Crippen molar-refractivity contribution < 1.29 is 24.2 Å². The highest BCUT2D eigenvalue weighted by atomic mass is 16.5. The van der Waals surface area contributed by atoms with Crippen LogP contribution in [-0.4, -0.2) is 47.1 Å². The van der Waals surface area contributed by atoms with E-state index in [4.69, 9.17) is 4.74 Å². The van der Waals surface area contributed by atoms with Crippen LogP contribution in [0.1, 0.15) is 101 Å². The molecule has 0 bridgehead atoms. The Morgan fingerprint density at radius 1 is 0.857 bits per heavy atom. The minimum Gasteiger partial charge on any atom is -0.457 e. The van der Waals surface area contributed by atoms with E-state index in [0.29, 0.717) is 35.8 Å². The van der Waals surface area contributed by atoms with Gasteiger partial charge in [-0.3, -0.25) is 14.4 Å². The first-order valence-corrected chi connectivity index (χ1v) is 18.1. The van der Waals surface area contributed by atoms with Crippen LogP contribution in [0.4, 0.5) is 0 Å². The maximum Gasteiger partial charge on any atom is 0.251 e. The van der Waals surface area contributed by atoms with Gasteiger partial charge < -0.3 is 25.8 Å². The van der Waals surface area contributed by atoms with Crippen LogP contribution in [0.15, 0.2) is 84.9 Å². The van der Waals surface area contributed by atoms with Gasteiger partial charge >= 0.3 is 0 Å². The monoisotopic (exact) mass is 669 g/mol. The van der Waals surface area contributed by atoms with Crippen LogP contribution in [-0.2, 0) is 16.0 Å². The van der Waals surface area contributed by atoms with E-state index in [0.717, 1.165) is 24.8 Å². The summed E-state index contributed by atoms with van der Waals surface area (Å²) in [5.41, 5.74) is 1.40. The fraction of sp³-hybridized carbons (Fsp3) is 0.488. The maximum absolute atomic E-state index is 13.7. The standard InChI is InChI=1S/C41H55N3O5/c1-4-29(2)39(42-30(3)45)41(48)43-34(22-14-20-31-16-8-5-9-17-31)28-38(46)37(26-32-18-10-6-11-19-32)44-40(47)33-21-15-25-36(27-33)49-35-23-12-7-13-24-35/h6-7,10-13,15,18-19,21,23-25,27,29,31,34,37-39,46H,4-5,8-9,14,16-17,20,22,26,28H2,1-3H3,(H,42,45)(H,43,48)(H,44,47)/t29-,34-,37-,38-,39-/m0/s1. The van der Waals surface area contributed by atoms with Gasteiger partial charge in [0, 0.05) is 18.5 Å². The average molecular weight is 670 g/mol. The molecule has 4 N–H and O–H groups in total. The van der Waals surface area contributed by atoms with E-state index >= 15 is 0 Å². The highest BCUT2D eigenvalue weighted by Crippen LogP contribution is 2.28. The van der Waals surface area contributed by atoms with Crippen molar-refractivity contribution in [1.82, 2.24) is 16.0 Å². The van der Waals surface area contributed by atoms with E-state index in [-0.39, 0.29) is 36.1 Å². The lowest BCUT2D eigenvalue weighted by molar-refractivity contribution is -0.130. The number of para-hydroxylation sites is 1. The van der Waals surface area contributed by atoms with Crippen LogP contribution in [0.5, 0.6) is 11.5 Å². The highest BCUT2D eigenvalue weighted by Gasteiger charge is 2.30. The highest BCUT2D eigenvalue weighted by molar-refractivity contribution is 5.94. The smallest absolute Gasteiger partial charge is 0.251 e. The zero-order valence-electron chi connectivity index (χ0n) is 29.4. The van der Waals surface area contributed by atoms with Crippen molar-refractivity contribution in [2.45, 2.75) is 116 Å². The van der Waals surface area contributed by atoms with Gasteiger partial charge in [-0.05, 0) is 67.0 Å². The largest absolute Gasteiger partial charge is 0.457 e. The topological polar surface area (TPSA) is 117 Å². The molecule has 0 aromatic heterocycles. The van der Waals surface area contributed by atoms with E-state index < -0.39 is 18.2 Å². The van der Waals surface area contributed by atoms with Crippen molar-refractivity contribution in [3.05, 3.63) is 96.1 Å². The van der Waals surface area contributed by atoms with Crippen molar-refractivity contribution in [2.24, 2.45) is 11.8 Å². The lowest BCUT2D eigenvalue weighted by atomic mass is 9.85. The van der Waals surface area contributed by atoms with Crippen LogP contribution < -0.4 is 20.7 Å². The first-order valence-electron chi connectivity index (χ1n) is 18.1. The van der Waals surface area contributed by atoms with Crippen LogP contribution in [0, 0.1) is 11.8 Å². The number of nitrogens with one attached hydrogen (secondary N) is 3. The number of ether oxygens (including phenoxy) is 1. The summed E-state index contributed by atoms with van der Waals surface area (Å²) in [6, 6.07) is 24.6. The Hall–Kier alpha value is -4.17. The molecule has 5 atom stereocenters. The van der Waals surface area contributed by atoms with Crippen LogP contribution in [0.25, 0.3) is 0 Å². The van der Waals surface area contributed by atoms with E-state index in [1.54, 1.807) is 24.3 Å². The number of carbonyl (C=O) groups is 3. The van der Waals surface area contributed by atoms with Crippen molar-refractivity contribution in [3.8, 4) is 11.5 Å².